The van der Waals surface area contributed by atoms with Crippen molar-refractivity contribution in [2.24, 2.45) is 5.92 Å². The summed E-state index contributed by atoms with van der Waals surface area (Å²) in [5, 5.41) is 7.63. The van der Waals surface area contributed by atoms with Gasteiger partial charge in [-0.2, -0.15) is 0 Å². The van der Waals surface area contributed by atoms with Crippen molar-refractivity contribution in [1.82, 2.24) is 20.4 Å². The Hall–Kier alpha value is -0.690. The zero-order valence-corrected chi connectivity index (χ0v) is 16.0. The van der Waals surface area contributed by atoms with Crippen LogP contribution in [0.25, 0.3) is 0 Å². The Kier molecular flexibility index (Phi) is 7.10. The number of amides is 1. The number of rotatable bonds is 6. The zero-order chi connectivity index (χ0) is 17.6. The average molecular weight is 353 g/mol. The predicted octanol–water partition coefficient (Wildman–Crippen LogP) is 0.676. The van der Waals surface area contributed by atoms with E-state index >= 15 is 0 Å². The molecule has 0 spiro atoms. The summed E-state index contributed by atoms with van der Waals surface area (Å²) < 4.78 is 5.68. The number of carbonyl (C=O) groups is 1. The van der Waals surface area contributed by atoms with E-state index in [9.17, 15) is 4.79 Å². The smallest absolute Gasteiger partial charge is 0.223 e. The molecule has 1 aliphatic carbocycles. The first kappa shape index (κ1) is 19.1. The van der Waals surface area contributed by atoms with Crippen LogP contribution < -0.4 is 10.6 Å². The normalized spacial score (nSPS) is 32.0. The lowest BCUT2D eigenvalue weighted by atomic mass is 9.92. The topological polar surface area (TPSA) is 56.8 Å². The molecule has 0 aromatic heterocycles. The van der Waals surface area contributed by atoms with Gasteiger partial charge in [0, 0.05) is 51.7 Å². The van der Waals surface area contributed by atoms with Gasteiger partial charge in [-0.1, -0.05) is 6.42 Å². The summed E-state index contributed by atoms with van der Waals surface area (Å²) in [6, 6.07) is 1.81. The van der Waals surface area contributed by atoms with Gasteiger partial charge in [0.05, 0.1) is 13.2 Å². The molecule has 1 saturated carbocycles. The van der Waals surface area contributed by atoms with Crippen LogP contribution in [0.4, 0.5) is 0 Å². The van der Waals surface area contributed by atoms with E-state index in [2.05, 4.69) is 15.5 Å². The molecule has 1 amide bonds. The summed E-state index contributed by atoms with van der Waals surface area (Å²) in [6.07, 6.45) is 7.02. The molecular formula is C19H36N4O2. The van der Waals surface area contributed by atoms with Crippen molar-refractivity contribution in [3.8, 4) is 0 Å². The number of piperidine rings is 1. The lowest BCUT2D eigenvalue weighted by Crippen LogP contribution is -2.53. The van der Waals surface area contributed by atoms with Crippen LogP contribution in [0.2, 0.25) is 0 Å². The molecule has 25 heavy (non-hydrogen) atoms. The first-order valence-electron chi connectivity index (χ1n) is 10.1. The van der Waals surface area contributed by atoms with Gasteiger partial charge in [-0.25, -0.2) is 0 Å². The predicted molar refractivity (Wildman–Crippen MR) is 99.6 cm³/mol. The highest BCUT2D eigenvalue weighted by Gasteiger charge is 2.36. The fourth-order valence-corrected chi connectivity index (χ4v) is 4.64. The van der Waals surface area contributed by atoms with E-state index in [0.717, 1.165) is 45.3 Å². The van der Waals surface area contributed by atoms with E-state index in [1.54, 1.807) is 4.90 Å². The van der Waals surface area contributed by atoms with Gasteiger partial charge in [0.25, 0.3) is 0 Å². The fourth-order valence-electron chi connectivity index (χ4n) is 4.64. The van der Waals surface area contributed by atoms with Gasteiger partial charge in [-0.15, -0.1) is 0 Å². The van der Waals surface area contributed by atoms with Crippen LogP contribution in [-0.4, -0.2) is 87.3 Å². The van der Waals surface area contributed by atoms with E-state index in [1.807, 2.05) is 14.1 Å². The van der Waals surface area contributed by atoms with Crippen molar-refractivity contribution in [1.29, 1.82) is 0 Å². The summed E-state index contributed by atoms with van der Waals surface area (Å²) in [7, 11) is 3.67. The van der Waals surface area contributed by atoms with Crippen LogP contribution in [-0.2, 0) is 9.53 Å². The van der Waals surface area contributed by atoms with E-state index in [4.69, 9.17) is 4.74 Å². The number of morpholine rings is 1. The minimum atomic E-state index is 0.233. The minimum Gasteiger partial charge on any atom is -0.379 e. The summed E-state index contributed by atoms with van der Waals surface area (Å²) in [5.41, 5.74) is 0. The second-order valence-electron chi connectivity index (χ2n) is 8.16. The fraction of sp³-hybridized carbons (Fsp3) is 0.947. The monoisotopic (exact) mass is 352 g/mol. The molecule has 6 nitrogen and oxygen atoms in total. The van der Waals surface area contributed by atoms with Crippen molar-refractivity contribution in [2.45, 2.75) is 56.7 Å². The second kappa shape index (κ2) is 9.31. The zero-order valence-electron chi connectivity index (χ0n) is 16.0. The van der Waals surface area contributed by atoms with Crippen LogP contribution in [0.1, 0.15) is 38.5 Å². The highest BCUT2D eigenvalue weighted by Crippen LogP contribution is 2.30. The first-order chi connectivity index (χ1) is 12.1. The number of ether oxygens (including phenoxy) is 1. The molecule has 3 atom stereocenters. The summed E-state index contributed by atoms with van der Waals surface area (Å²) in [5.74, 6) is 0.951. The third-order valence-corrected chi connectivity index (χ3v) is 6.21. The highest BCUT2D eigenvalue weighted by atomic mass is 16.5. The molecular weight excluding hydrogens is 316 g/mol. The maximum Gasteiger partial charge on any atom is 0.223 e. The maximum absolute atomic E-state index is 11.7. The number of nitrogens with zero attached hydrogens (tertiary/aromatic N) is 2. The Morgan fingerprint density at radius 1 is 1.24 bits per heavy atom. The Balaban J connectivity index is 1.38. The summed E-state index contributed by atoms with van der Waals surface area (Å²) >= 11 is 0. The standard InChI is InChI=1S/C19H36N4O2/c1-22(2)19(24)8-12-23-10-6-15(7-11-23)21-17-5-3-4-16(17)18-14-25-13-9-20-18/h15-18,20-21H,3-14H2,1-2H3. The molecule has 2 heterocycles. The van der Waals surface area contributed by atoms with Crippen LogP contribution in [0.5, 0.6) is 0 Å². The van der Waals surface area contributed by atoms with Gasteiger partial charge in [0.15, 0.2) is 0 Å². The third kappa shape index (κ3) is 5.39. The Morgan fingerprint density at radius 2 is 2.04 bits per heavy atom. The largest absolute Gasteiger partial charge is 0.379 e. The van der Waals surface area contributed by atoms with Crippen molar-refractivity contribution in [2.75, 3.05) is 53.5 Å². The van der Waals surface area contributed by atoms with Gasteiger partial charge in [-0.05, 0) is 44.7 Å². The van der Waals surface area contributed by atoms with Crippen molar-refractivity contribution >= 4 is 5.91 Å². The third-order valence-electron chi connectivity index (χ3n) is 6.21. The second-order valence-corrected chi connectivity index (χ2v) is 8.16. The SMILES string of the molecule is CN(C)C(=O)CCN1CCC(NC2CCCC2C2COCCN2)CC1. The van der Waals surface area contributed by atoms with Gasteiger partial charge >= 0.3 is 0 Å². The molecule has 2 aliphatic heterocycles. The Bertz CT molecular complexity index is 418. The van der Waals surface area contributed by atoms with E-state index in [1.165, 1.54) is 32.1 Å². The van der Waals surface area contributed by atoms with Gasteiger partial charge in [0.2, 0.25) is 5.91 Å². The molecule has 144 valence electrons. The molecule has 6 heteroatoms. The van der Waals surface area contributed by atoms with Gasteiger partial charge < -0.3 is 25.2 Å². The van der Waals surface area contributed by atoms with E-state index in [-0.39, 0.29) is 5.91 Å². The minimum absolute atomic E-state index is 0.233. The quantitative estimate of drug-likeness (QED) is 0.736. The molecule has 0 radical (unpaired) electrons. The lowest BCUT2D eigenvalue weighted by Gasteiger charge is -2.37. The molecule has 2 saturated heterocycles. The average Bonchev–Trinajstić information content (AvgIpc) is 3.09. The van der Waals surface area contributed by atoms with Crippen molar-refractivity contribution in [3.05, 3.63) is 0 Å². The molecule has 3 rings (SSSR count). The molecule has 0 bridgehead atoms. The van der Waals surface area contributed by atoms with Gasteiger partial charge in [-0.3, -0.25) is 4.79 Å². The van der Waals surface area contributed by atoms with E-state index < -0.39 is 0 Å². The van der Waals surface area contributed by atoms with Crippen LogP contribution in [0.15, 0.2) is 0 Å². The van der Waals surface area contributed by atoms with Crippen molar-refractivity contribution < 1.29 is 9.53 Å². The van der Waals surface area contributed by atoms with E-state index in [0.29, 0.717) is 24.5 Å². The van der Waals surface area contributed by atoms with Crippen molar-refractivity contribution in [3.63, 3.8) is 0 Å². The molecule has 3 unspecified atom stereocenters. The number of carbonyl (C=O) groups excluding carboxylic acids is 1. The Morgan fingerprint density at radius 3 is 2.72 bits per heavy atom. The molecule has 0 aromatic rings. The maximum atomic E-state index is 11.7. The summed E-state index contributed by atoms with van der Waals surface area (Å²) in [6.45, 7) is 5.86. The Labute approximate surface area is 152 Å². The van der Waals surface area contributed by atoms with Gasteiger partial charge in [0.1, 0.15) is 0 Å². The number of hydrogen-bond donors (Lipinski definition) is 2. The van der Waals surface area contributed by atoms with Crippen LogP contribution >= 0.6 is 0 Å². The molecule has 3 fully saturated rings. The number of hydrogen-bond acceptors (Lipinski definition) is 5. The van der Waals surface area contributed by atoms with Crippen LogP contribution in [0.3, 0.4) is 0 Å². The number of nitrogens with one attached hydrogen (secondary N) is 2. The summed E-state index contributed by atoms with van der Waals surface area (Å²) in [4.78, 5) is 15.9. The highest BCUT2D eigenvalue weighted by molar-refractivity contribution is 5.75. The number of likely N-dealkylation sites (tertiary alicyclic amines) is 1. The first-order valence-corrected chi connectivity index (χ1v) is 10.1. The molecule has 3 aliphatic rings. The molecule has 0 aromatic carbocycles. The van der Waals surface area contributed by atoms with Crippen LogP contribution in [0, 0.1) is 5.92 Å². The lowest BCUT2D eigenvalue weighted by molar-refractivity contribution is -0.129. The molecule has 2 N–H and O–H groups in total.